The van der Waals surface area contributed by atoms with Crippen LogP contribution in [0.5, 0.6) is 0 Å². The number of hydrogen-bond acceptors (Lipinski definition) is 2. The molecule has 90 valence electrons. The van der Waals surface area contributed by atoms with E-state index >= 15 is 0 Å². The summed E-state index contributed by atoms with van der Waals surface area (Å²) in [4.78, 5) is 12.8. The highest BCUT2D eigenvalue weighted by atomic mass is 79.9. The summed E-state index contributed by atoms with van der Waals surface area (Å²) >= 11 is 10.9. The lowest BCUT2D eigenvalue weighted by Gasteiger charge is -2.05. The second-order valence-electron chi connectivity index (χ2n) is 3.74. The quantitative estimate of drug-likeness (QED) is 0.643. The van der Waals surface area contributed by atoms with Gasteiger partial charge in [0.1, 0.15) is 4.88 Å². The monoisotopic (exact) mass is 323 g/mol. The van der Waals surface area contributed by atoms with Crippen LogP contribution in [0.1, 0.15) is 35.0 Å². The minimum atomic E-state index is -0.0645. The fraction of sp³-hybridized carbons (Fsp3) is 0.545. The first kappa shape index (κ1) is 14.0. The highest BCUT2D eigenvalue weighted by molar-refractivity contribution is 9.09. The summed E-state index contributed by atoms with van der Waals surface area (Å²) in [6, 6.07) is 0. The van der Waals surface area contributed by atoms with Crippen molar-refractivity contribution in [2.45, 2.75) is 31.5 Å². The Morgan fingerprint density at radius 2 is 2.38 bits per heavy atom. The number of carbonyl (C=O) groups is 1. The van der Waals surface area contributed by atoms with Gasteiger partial charge in [0, 0.05) is 11.4 Å². The van der Waals surface area contributed by atoms with Crippen molar-refractivity contribution in [3.8, 4) is 0 Å². The third-order valence-electron chi connectivity index (χ3n) is 2.17. The number of carbonyl (C=O) groups excluding carboxylic acids is 1. The number of amides is 1. The zero-order chi connectivity index (χ0) is 12.1. The molecule has 5 heteroatoms. The molecule has 0 aliphatic heterocycles. The average Bonchev–Trinajstić information content (AvgIpc) is 2.54. The molecule has 0 aliphatic carbocycles. The smallest absolute Gasteiger partial charge is 0.262 e. The Kier molecular flexibility index (Phi) is 5.79. The van der Waals surface area contributed by atoms with Crippen LogP contribution in [0.3, 0.4) is 0 Å². The van der Waals surface area contributed by atoms with Gasteiger partial charge in [-0.25, -0.2) is 0 Å². The molecule has 0 spiro atoms. The van der Waals surface area contributed by atoms with E-state index in [2.05, 4.69) is 28.2 Å². The van der Waals surface area contributed by atoms with E-state index in [-0.39, 0.29) is 5.91 Å². The predicted molar refractivity (Wildman–Crippen MR) is 74.0 cm³/mol. The van der Waals surface area contributed by atoms with Gasteiger partial charge in [-0.1, -0.05) is 34.5 Å². The van der Waals surface area contributed by atoms with E-state index in [0.29, 0.717) is 21.3 Å². The fourth-order valence-electron chi connectivity index (χ4n) is 1.25. The maximum Gasteiger partial charge on any atom is 0.262 e. The minimum absolute atomic E-state index is 0.0645. The molecule has 1 amide bonds. The van der Waals surface area contributed by atoms with Crippen LogP contribution in [0.2, 0.25) is 5.02 Å². The van der Waals surface area contributed by atoms with Gasteiger partial charge in [0.05, 0.1) is 5.02 Å². The maximum absolute atomic E-state index is 11.7. The molecule has 0 bridgehead atoms. The van der Waals surface area contributed by atoms with Crippen molar-refractivity contribution < 1.29 is 4.79 Å². The zero-order valence-electron chi connectivity index (χ0n) is 9.35. The van der Waals surface area contributed by atoms with E-state index < -0.39 is 0 Å². The maximum atomic E-state index is 11.7. The van der Waals surface area contributed by atoms with Crippen molar-refractivity contribution in [3.05, 3.63) is 20.8 Å². The minimum Gasteiger partial charge on any atom is -0.351 e. The third-order valence-corrected chi connectivity index (χ3v) is 4.32. The number of alkyl halides is 1. The molecule has 1 atom stereocenters. The van der Waals surface area contributed by atoms with Crippen molar-refractivity contribution in [2.75, 3.05) is 6.54 Å². The lowest BCUT2D eigenvalue weighted by Crippen LogP contribution is -2.24. The lowest BCUT2D eigenvalue weighted by atomic mass is 10.2. The molecule has 0 saturated heterocycles. The van der Waals surface area contributed by atoms with E-state index in [4.69, 9.17) is 11.6 Å². The number of rotatable bonds is 5. The first-order valence-electron chi connectivity index (χ1n) is 5.18. The molecule has 1 rings (SSSR count). The first-order chi connectivity index (χ1) is 7.52. The molecule has 16 heavy (non-hydrogen) atoms. The predicted octanol–water partition coefficient (Wildman–Crippen LogP) is 4.00. The van der Waals surface area contributed by atoms with Gasteiger partial charge in [-0.3, -0.25) is 4.79 Å². The number of halogens is 2. The number of hydrogen-bond donors (Lipinski definition) is 1. The summed E-state index contributed by atoms with van der Waals surface area (Å²) in [5.74, 6) is -0.0645. The molecule has 1 aromatic heterocycles. The largest absolute Gasteiger partial charge is 0.351 e. The Morgan fingerprint density at radius 3 is 2.88 bits per heavy atom. The normalized spacial score (nSPS) is 12.5. The summed E-state index contributed by atoms with van der Waals surface area (Å²) < 4.78 is 0. The summed E-state index contributed by atoms with van der Waals surface area (Å²) in [6.07, 6.45) is 2.03. The van der Waals surface area contributed by atoms with Crippen LogP contribution in [0.25, 0.3) is 0 Å². The van der Waals surface area contributed by atoms with Gasteiger partial charge in [-0.05, 0) is 30.7 Å². The molecule has 0 aliphatic rings. The summed E-state index contributed by atoms with van der Waals surface area (Å²) in [5.41, 5.74) is 0.964. The van der Waals surface area contributed by atoms with E-state index in [1.807, 2.05) is 12.3 Å². The average molecular weight is 325 g/mol. The van der Waals surface area contributed by atoms with Gasteiger partial charge >= 0.3 is 0 Å². The zero-order valence-corrected chi connectivity index (χ0v) is 12.5. The standard InChI is InChI=1S/C11H15BrClNOS/c1-7-6-16-10(9(7)13)11(15)14-5-3-4-8(2)12/h6,8H,3-5H2,1-2H3,(H,14,15). The Morgan fingerprint density at radius 1 is 1.69 bits per heavy atom. The van der Waals surface area contributed by atoms with Crippen molar-refractivity contribution >= 4 is 44.8 Å². The second-order valence-corrected chi connectivity index (χ2v) is 6.56. The highest BCUT2D eigenvalue weighted by Crippen LogP contribution is 2.26. The SMILES string of the molecule is Cc1csc(C(=O)NCCCC(C)Br)c1Cl. The van der Waals surface area contributed by atoms with E-state index in [9.17, 15) is 4.79 Å². The summed E-state index contributed by atoms with van der Waals surface area (Å²) in [5, 5.41) is 5.36. The molecular formula is C11H15BrClNOS. The van der Waals surface area contributed by atoms with Gasteiger partial charge in [-0.2, -0.15) is 0 Å². The van der Waals surface area contributed by atoms with Gasteiger partial charge in [0.2, 0.25) is 0 Å². The van der Waals surface area contributed by atoms with E-state index in [1.54, 1.807) is 0 Å². The molecule has 1 unspecified atom stereocenters. The van der Waals surface area contributed by atoms with Gasteiger partial charge in [0.15, 0.2) is 0 Å². The van der Waals surface area contributed by atoms with Crippen LogP contribution >= 0.6 is 38.9 Å². The molecule has 2 nitrogen and oxygen atoms in total. The third kappa shape index (κ3) is 4.07. The topological polar surface area (TPSA) is 29.1 Å². The summed E-state index contributed by atoms with van der Waals surface area (Å²) in [6.45, 7) is 4.70. The Hall–Kier alpha value is -0.0600. The molecule has 0 aromatic carbocycles. The van der Waals surface area contributed by atoms with Crippen LogP contribution in [0, 0.1) is 6.92 Å². The van der Waals surface area contributed by atoms with E-state index in [1.165, 1.54) is 11.3 Å². The van der Waals surface area contributed by atoms with Crippen molar-refractivity contribution in [3.63, 3.8) is 0 Å². The molecule has 1 aromatic rings. The van der Waals surface area contributed by atoms with Crippen molar-refractivity contribution in [1.29, 1.82) is 0 Å². The molecule has 0 fully saturated rings. The molecular weight excluding hydrogens is 310 g/mol. The van der Waals surface area contributed by atoms with Crippen LogP contribution in [-0.4, -0.2) is 17.3 Å². The van der Waals surface area contributed by atoms with Gasteiger partial charge in [-0.15, -0.1) is 11.3 Å². The number of nitrogens with one attached hydrogen (secondary N) is 1. The number of thiophene rings is 1. The number of aryl methyl sites for hydroxylation is 1. The second kappa shape index (κ2) is 6.62. The Balaban J connectivity index is 2.39. The van der Waals surface area contributed by atoms with Gasteiger partial charge in [0.25, 0.3) is 5.91 Å². The van der Waals surface area contributed by atoms with Crippen molar-refractivity contribution in [2.24, 2.45) is 0 Å². The lowest BCUT2D eigenvalue weighted by molar-refractivity contribution is 0.0957. The molecule has 0 radical (unpaired) electrons. The molecule has 1 N–H and O–H groups in total. The first-order valence-corrected chi connectivity index (χ1v) is 7.35. The Labute approximate surface area is 114 Å². The van der Waals surface area contributed by atoms with Crippen LogP contribution in [0.4, 0.5) is 0 Å². The molecule has 1 heterocycles. The van der Waals surface area contributed by atoms with Crippen LogP contribution < -0.4 is 5.32 Å². The van der Waals surface area contributed by atoms with Gasteiger partial charge < -0.3 is 5.32 Å². The van der Waals surface area contributed by atoms with Crippen LogP contribution in [-0.2, 0) is 0 Å². The van der Waals surface area contributed by atoms with Crippen molar-refractivity contribution in [1.82, 2.24) is 5.32 Å². The van der Waals surface area contributed by atoms with E-state index in [0.717, 1.165) is 18.4 Å². The molecule has 0 saturated carbocycles. The summed E-state index contributed by atoms with van der Waals surface area (Å²) in [7, 11) is 0. The fourth-order valence-corrected chi connectivity index (χ4v) is 2.77. The van der Waals surface area contributed by atoms with Crippen LogP contribution in [0.15, 0.2) is 5.38 Å². The Bertz CT molecular complexity index is 365. The highest BCUT2D eigenvalue weighted by Gasteiger charge is 2.13.